The largest absolute Gasteiger partial charge is 0.151 e. The van der Waals surface area contributed by atoms with Crippen molar-refractivity contribution in [2.75, 3.05) is 0 Å². The summed E-state index contributed by atoms with van der Waals surface area (Å²) >= 11 is 0. The average molecular weight is 222 g/mol. The normalized spacial score (nSPS) is 11.4. The van der Waals surface area contributed by atoms with Crippen LogP contribution in [-0.2, 0) is 0 Å². The lowest BCUT2D eigenvalue weighted by Crippen LogP contribution is -1.69. The minimum absolute atomic E-state index is 0.863. The van der Waals surface area contributed by atoms with E-state index < -0.39 is 0 Å². The van der Waals surface area contributed by atoms with E-state index in [9.17, 15) is 0 Å². The first-order chi connectivity index (χ1) is 8.38. The predicted molar refractivity (Wildman–Crippen MR) is 71.8 cm³/mol. The molecule has 0 amide bonds. The van der Waals surface area contributed by atoms with Crippen molar-refractivity contribution >= 4 is 17.5 Å². The minimum Gasteiger partial charge on any atom is -0.151 e. The maximum Gasteiger partial charge on any atom is 0.0857 e. The van der Waals surface area contributed by atoms with Gasteiger partial charge in [-0.3, -0.25) is 0 Å². The van der Waals surface area contributed by atoms with Gasteiger partial charge in [0, 0.05) is 0 Å². The topological polar surface area (TPSA) is 24.7 Å². The van der Waals surface area contributed by atoms with E-state index in [1.807, 2.05) is 67.6 Å². The van der Waals surface area contributed by atoms with Crippen LogP contribution in [0.25, 0.3) is 6.08 Å². The Morgan fingerprint density at radius 1 is 0.765 bits per heavy atom. The van der Waals surface area contributed by atoms with Crippen molar-refractivity contribution < 1.29 is 0 Å². The SMILES string of the molecule is C/C=C\c1ccc(/N=N/c2ccccc2)cc1. The summed E-state index contributed by atoms with van der Waals surface area (Å²) in [4.78, 5) is 0. The van der Waals surface area contributed by atoms with Crippen LogP contribution < -0.4 is 0 Å². The molecule has 0 fully saturated rings. The summed E-state index contributed by atoms with van der Waals surface area (Å²) in [6.07, 6.45) is 4.07. The Morgan fingerprint density at radius 3 is 1.94 bits per heavy atom. The molecule has 0 aliphatic carbocycles. The third-order valence-electron chi connectivity index (χ3n) is 2.29. The van der Waals surface area contributed by atoms with E-state index in [4.69, 9.17) is 0 Å². The second-order valence-electron chi connectivity index (χ2n) is 3.63. The van der Waals surface area contributed by atoms with Gasteiger partial charge in [-0.25, -0.2) is 0 Å². The molecule has 0 heterocycles. The number of rotatable bonds is 3. The monoisotopic (exact) mass is 222 g/mol. The molecule has 2 heteroatoms. The first-order valence-electron chi connectivity index (χ1n) is 5.58. The molecule has 0 bridgehead atoms. The van der Waals surface area contributed by atoms with Crippen molar-refractivity contribution in [3.63, 3.8) is 0 Å². The zero-order valence-electron chi connectivity index (χ0n) is 9.75. The van der Waals surface area contributed by atoms with Crippen LogP contribution in [0.1, 0.15) is 12.5 Å². The summed E-state index contributed by atoms with van der Waals surface area (Å²) in [6.45, 7) is 2.00. The highest BCUT2D eigenvalue weighted by molar-refractivity contribution is 5.52. The van der Waals surface area contributed by atoms with Gasteiger partial charge in [0.05, 0.1) is 11.4 Å². The second-order valence-corrected chi connectivity index (χ2v) is 3.63. The van der Waals surface area contributed by atoms with Crippen LogP contribution in [0.3, 0.4) is 0 Å². The summed E-state index contributed by atoms with van der Waals surface area (Å²) in [5.41, 5.74) is 2.90. The van der Waals surface area contributed by atoms with Crippen LogP contribution in [0.15, 0.2) is 70.9 Å². The number of azo groups is 1. The van der Waals surface area contributed by atoms with E-state index in [1.54, 1.807) is 0 Å². The Hall–Kier alpha value is -2.22. The molecule has 0 saturated carbocycles. The van der Waals surface area contributed by atoms with Gasteiger partial charge in [-0.05, 0) is 36.8 Å². The molecule has 0 aromatic heterocycles. The van der Waals surface area contributed by atoms with Crippen molar-refractivity contribution in [1.82, 2.24) is 0 Å². The Morgan fingerprint density at radius 2 is 1.35 bits per heavy atom. The fraction of sp³-hybridized carbons (Fsp3) is 0.0667. The highest BCUT2D eigenvalue weighted by Crippen LogP contribution is 2.18. The molecular weight excluding hydrogens is 208 g/mol. The van der Waals surface area contributed by atoms with E-state index in [1.165, 1.54) is 5.56 Å². The van der Waals surface area contributed by atoms with Crippen molar-refractivity contribution in [2.45, 2.75) is 6.92 Å². The van der Waals surface area contributed by atoms with Gasteiger partial charge in [0.2, 0.25) is 0 Å². The quantitative estimate of drug-likeness (QED) is 0.643. The molecule has 0 aliphatic heterocycles. The zero-order valence-corrected chi connectivity index (χ0v) is 9.75. The minimum atomic E-state index is 0.863. The van der Waals surface area contributed by atoms with Gasteiger partial charge in [0.15, 0.2) is 0 Å². The number of nitrogens with zero attached hydrogens (tertiary/aromatic N) is 2. The van der Waals surface area contributed by atoms with E-state index in [2.05, 4.69) is 16.3 Å². The van der Waals surface area contributed by atoms with Crippen LogP contribution in [0.4, 0.5) is 11.4 Å². The van der Waals surface area contributed by atoms with Gasteiger partial charge >= 0.3 is 0 Å². The van der Waals surface area contributed by atoms with Gasteiger partial charge in [0.25, 0.3) is 0 Å². The molecule has 0 radical (unpaired) electrons. The number of hydrogen-bond donors (Lipinski definition) is 0. The predicted octanol–water partition coefficient (Wildman–Crippen LogP) is 5.14. The highest BCUT2D eigenvalue weighted by Gasteiger charge is 1.90. The molecule has 0 aliphatic rings. The van der Waals surface area contributed by atoms with Gasteiger partial charge in [-0.15, -0.1) is 0 Å². The summed E-state index contributed by atoms with van der Waals surface area (Å²) < 4.78 is 0. The molecule has 0 saturated heterocycles. The Bertz CT molecular complexity index is 510. The van der Waals surface area contributed by atoms with Crippen LogP contribution in [0.5, 0.6) is 0 Å². The van der Waals surface area contributed by atoms with Gasteiger partial charge in [0.1, 0.15) is 0 Å². The summed E-state index contributed by atoms with van der Waals surface area (Å²) in [6, 6.07) is 17.7. The molecule has 0 spiro atoms. The van der Waals surface area contributed by atoms with Gasteiger partial charge in [-0.2, -0.15) is 10.2 Å². The molecule has 17 heavy (non-hydrogen) atoms. The Kier molecular flexibility index (Phi) is 3.81. The summed E-state index contributed by atoms with van der Waals surface area (Å²) in [5, 5.41) is 8.34. The van der Waals surface area contributed by atoms with Crippen molar-refractivity contribution in [1.29, 1.82) is 0 Å². The lowest BCUT2D eigenvalue weighted by molar-refractivity contribution is 1.23. The lowest BCUT2D eigenvalue weighted by Gasteiger charge is -1.95. The average Bonchev–Trinajstić information content (AvgIpc) is 2.40. The molecule has 2 aromatic carbocycles. The van der Waals surface area contributed by atoms with Gasteiger partial charge < -0.3 is 0 Å². The fourth-order valence-electron chi connectivity index (χ4n) is 1.45. The van der Waals surface area contributed by atoms with Crippen LogP contribution >= 0.6 is 0 Å². The number of allylic oxidation sites excluding steroid dienone is 1. The fourth-order valence-corrected chi connectivity index (χ4v) is 1.45. The first-order valence-corrected chi connectivity index (χ1v) is 5.58. The Balaban J connectivity index is 2.11. The zero-order chi connectivity index (χ0) is 11.9. The third-order valence-corrected chi connectivity index (χ3v) is 2.29. The van der Waals surface area contributed by atoms with Gasteiger partial charge in [-0.1, -0.05) is 42.5 Å². The number of benzene rings is 2. The molecule has 2 rings (SSSR count). The summed E-state index contributed by atoms with van der Waals surface area (Å²) in [7, 11) is 0. The lowest BCUT2D eigenvalue weighted by atomic mass is 10.2. The number of hydrogen-bond acceptors (Lipinski definition) is 2. The van der Waals surface area contributed by atoms with Crippen molar-refractivity contribution in [3.05, 3.63) is 66.2 Å². The molecule has 0 unspecified atom stereocenters. The first kappa shape index (κ1) is 11.3. The highest BCUT2D eigenvalue weighted by atomic mass is 15.1. The van der Waals surface area contributed by atoms with Crippen molar-refractivity contribution in [2.24, 2.45) is 10.2 Å². The standard InChI is InChI=1S/C15H14N2/c1-2-6-13-9-11-15(12-10-13)17-16-14-7-4-3-5-8-14/h2-12H,1H3/b6-2-,17-16+. The molecule has 2 nitrogen and oxygen atoms in total. The van der Waals surface area contributed by atoms with Crippen molar-refractivity contribution in [3.8, 4) is 0 Å². The maximum absolute atomic E-state index is 4.18. The van der Waals surface area contributed by atoms with Crippen LogP contribution in [-0.4, -0.2) is 0 Å². The van der Waals surface area contributed by atoms with E-state index in [0.29, 0.717) is 0 Å². The molecular formula is C15H14N2. The summed E-state index contributed by atoms with van der Waals surface area (Å²) in [5.74, 6) is 0. The van der Waals surface area contributed by atoms with E-state index >= 15 is 0 Å². The third kappa shape index (κ3) is 3.38. The molecule has 84 valence electrons. The van der Waals surface area contributed by atoms with Crippen LogP contribution in [0, 0.1) is 0 Å². The molecule has 0 atom stereocenters. The molecule has 0 N–H and O–H groups in total. The smallest absolute Gasteiger partial charge is 0.0857 e. The molecule has 2 aromatic rings. The van der Waals surface area contributed by atoms with E-state index in [0.717, 1.165) is 11.4 Å². The maximum atomic E-state index is 4.18. The Labute approximate surface area is 101 Å². The van der Waals surface area contributed by atoms with E-state index in [-0.39, 0.29) is 0 Å². The second kappa shape index (κ2) is 5.75. The van der Waals surface area contributed by atoms with Crippen LogP contribution in [0.2, 0.25) is 0 Å².